The molecular weight excluding hydrogens is 338 g/mol. The van der Waals surface area contributed by atoms with Gasteiger partial charge in [-0.3, -0.25) is 4.90 Å². The molecule has 0 fully saturated rings. The topological polar surface area (TPSA) is 51.4 Å². The Morgan fingerprint density at radius 1 is 1.16 bits per heavy atom. The van der Waals surface area contributed by atoms with Crippen LogP contribution in [0, 0.1) is 0 Å². The van der Waals surface area contributed by atoms with E-state index in [0.29, 0.717) is 16.8 Å². The Morgan fingerprint density at radius 3 is 2.60 bits per heavy atom. The minimum Gasteiger partial charge on any atom is -0.497 e. The summed E-state index contributed by atoms with van der Waals surface area (Å²) in [6, 6.07) is 15.4. The third kappa shape index (κ3) is 4.18. The first kappa shape index (κ1) is 17.5. The number of hydrogen-bond acceptors (Lipinski definition) is 5. The zero-order valence-electron chi connectivity index (χ0n) is 14.4. The molecule has 0 aliphatic rings. The van der Waals surface area contributed by atoms with Crippen molar-refractivity contribution in [3.63, 3.8) is 0 Å². The Balaban J connectivity index is 1.70. The van der Waals surface area contributed by atoms with Gasteiger partial charge in [-0.25, -0.2) is 0 Å². The number of aromatic nitrogens is 2. The summed E-state index contributed by atoms with van der Waals surface area (Å²) in [5.74, 6) is 1.90. The maximum atomic E-state index is 6.02. The number of rotatable bonds is 6. The third-order valence-electron chi connectivity index (χ3n) is 4.12. The summed E-state index contributed by atoms with van der Waals surface area (Å²) >= 11 is 6.02. The summed E-state index contributed by atoms with van der Waals surface area (Å²) in [5, 5.41) is 8.97. The number of nitrogens with zero attached hydrogens (tertiary/aromatic N) is 3. The van der Waals surface area contributed by atoms with Crippen LogP contribution in [0.5, 0.6) is 5.75 Å². The quantitative estimate of drug-likeness (QED) is 0.645. The van der Waals surface area contributed by atoms with Crippen LogP contribution in [0.1, 0.15) is 24.4 Å². The van der Waals surface area contributed by atoms with Crippen LogP contribution >= 0.6 is 11.6 Å². The minimum absolute atomic E-state index is 0.0115. The van der Waals surface area contributed by atoms with Gasteiger partial charge in [-0.05, 0) is 49.9 Å². The van der Waals surface area contributed by atoms with Crippen LogP contribution in [0.4, 0.5) is 0 Å². The first-order valence-corrected chi connectivity index (χ1v) is 8.37. The van der Waals surface area contributed by atoms with Crippen LogP contribution in [0.15, 0.2) is 52.9 Å². The van der Waals surface area contributed by atoms with Crippen molar-refractivity contribution in [3.05, 3.63) is 65.0 Å². The third-order valence-corrected chi connectivity index (χ3v) is 4.36. The smallest absolute Gasteiger partial charge is 0.247 e. The highest BCUT2D eigenvalue weighted by atomic mass is 35.5. The van der Waals surface area contributed by atoms with Crippen molar-refractivity contribution in [2.24, 2.45) is 0 Å². The fraction of sp³-hybridized carbons (Fsp3) is 0.263. The maximum absolute atomic E-state index is 6.02. The summed E-state index contributed by atoms with van der Waals surface area (Å²) in [7, 11) is 3.69. The zero-order chi connectivity index (χ0) is 17.8. The number of hydrogen-bond donors (Lipinski definition) is 0. The van der Waals surface area contributed by atoms with Crippen molar-refractivity contribution in [3.8, 4) is 17.2 Å². The second-order valence-electron chi connectivity index (χ2n) is 5.89. The summed E-state index contributed by atoms with van der Waals surface area (Å²) in [6.45, 7) is 2.80. The van der Waals surface area contributed by atoms with Gasteiger partial charge in [0, 0.05) is 17.1 Å². The monoisotopic (exact) mass is 357 g/mol. The molecule has 0 N–H and O–H groups in total. The molecule has 5 nitrogen and oxygen atoms in total. The zero-order valence-corrected chi connectivity index (χ0v) is 15.2. The fourth-order valence-electron chi connectivity index (χ4n) is 2.49. The van der Waals surface area contributed by atoms with Crippen LogP contribution in [-0.2, 0) is 6.54 Å². The molecule has 6 heteroatoms. The van der Waals surface area contributed by atoms with Crippen molar-refractivity contribution in [1.82, 2.24) is 15.1 Å². The lowest BCUT2D eigenvalue weighted by atomic mass is 10.2. The van der Waals surface area contributed by atoms with Crippen LogP contribution in [-0.4, -0.2) is 29.3 Å². The molecule has 0 saturated carbocycles. The lowest BCUT2D eigenvalue weighted by Gasteiger charge is -2.21. The van der Waals surface area contributed by atoms with Gasteiger partial charge in [0.25, 0.3) is 0 Å². The maximum Gasteiger partial charge on any atom is 0.247 e. The van der Waals surface area contributed by atoms with E-state index in [2.05, 4.69) is 15.1 Å². The van der Waals surface area contributed by atoms with Crippen molar-refractivity contribution in [1.29, 1.82) is 0 Å². The van der Waals surface area contributed by atoms with Gasteiger partial charge in [0.15, 0.2) is 0 Å². The van der Waals surface area contributed by atoms with E-state index < -0.39 is 0 Å². The van der Waals surface area contributed by atoms with Crippen molar-refractivity contribution < 1.29 is 9.15 Å². The van der Waals surface area contributed by atoms with Gasteiger partial charge in [-0.2, -0.15) is 0 Å². The molecule has 0 spiro atoms. The molecule has 0 aliphatic heterocycles. The van der Waals surface area contributed by atoms with E-state index in [1.165, 1.54) is 5.56 Å². The molecule has 0 aliphatic carbocycles. The van der Waals surface area contributed by atoms with Gasteiger partial charge >= 0.3 is 0 Å². The molecule has 130 valence electrons. The van der Waals surface area contributed by atoms with E-state index in [4.69, 9.17) is 20.8 Å². The average molecular weight is 358 g/mol. The highest BCUT2D eigenvalue weighted by Crippen LogP contribution is 2.26. The molecule has 0 bridgehead atoms. The van der Waals surface area contributed by atoms with Gasteiger partial charge in [0.2, 0.25) is 11.8 Å². The van der Waals surface area contributed by atoms with Crippen molar-refractivity contribution >= 4 is 11.6 Å². The van der Waals surface area contributed by atoms with Gasteiger partial charge in [-0.15, -0.1) is 10.2 Å². The van der Waals surface area contributed by atoms with Gasteiger partial charge in [0.1, 0.15) is 5.75 Å². The van der Waals surface area contributed by atoms with E-state index in [0.717, 1.165) is 17.9 Å². The van der Waals surface area contributed by atoms with Crippen molar-refractivity contribution in [2.45, 2.75) is 19.5 Å². The molecule has 2 aromatic carbocycles. The molecule has 3 aromatic rings. The van der Waals surface area contributed by atoms with Gasteiger partial charge < -0.3 is 9.15 Å². The number of halogens is 1. The van der Waals surface area contributed by atoms with Gasteiger partial charge in [0.05, 0.1) is 13.2 Å². The van der Waals surface area contributed by atoms with Crippen LogP contribution in [0.25, 0.3) is 11.5 Å². The number of methoxy groups -OCH3 is 1. The molecule has 1 heterocycles. The van der Waals surface area contributed by atoms with E-state index >= 15 is 0 Å². The molecule has 3 rings (SSSR count). The highest BCUT2D eigenvalue weighted by molar-refractivity contribution is 6.30. The molecular formula is C19H20ClN3O2. The average Bonchev–Trinajstić information content (AvgIpc) is 3.12. The summed E-state index contributed by atoms with van der Waals surface area (Å²) in [6.07, 6.45) is 0. The summed E-state index contributed by atoms with van der Waals surface area (Å²) in [5.41, 5.74) is 2.00. The van der Waals surface area contributed by atoms with Crippen molar-refractivity contribution in [2.75, 3.05) is 14.2 Å². The number of benzene rings is 2. The first-order chi connectivity index (χ1) is 12.1. The lowest BCUT2D eigenvalue weighted by molar-refractivity contribution is 0.218. The molecule has 0 radical (unpaired) electrons. The van der Waals surface area contributed by atoms with Gasteiger partial charge in [-0.1, -0.05) is 29.8 Å². The predicted octanol–water partition coefficient (Wildman–Crippen LogP) is 4.59. The SMILES string of the molecule is COc1ccc(CN(C)[C@H](C)c2nnc(-c3cccc(Cl)c3)o2)cc1. The highest BCUT2D eigenvalue weighted by Gasteiger charge is 2.19. The molecule has 0 unspecified atom stereocenters. The standard InChI is InChI=1S/C19H20ClN3O2/c1-13(23(2)12-14-7-9-17(24-3)10-8-14)18-21-22-19(25-18)15-5-4-6-16(20)11-15/h4-11,13H,12H2,1-3H3/t13-/m1/s1. The first-order valence-electron chi connectivity index (χ1n) is 7.99. The lowest BCUT2D eigenvalue weighted by Crippen LogP contribution is -2.22. The molecule has 0 amide bonds. The number of ether oxygens (including phenoxy) is 1. The van der Waals surface area contributed by atoms with E-state index in [1.54, 1.807) is 7.11 Å². The second kappa shape index (κ2) is 7.68. The normalized spacial score (nSPS) is 12.4. The predicted molar refractivity (Wildman–Crippen MR) is 97.6 cm³/mol. The fourth-order valence-corrected chi connectivity index (χ4v) is 2.68. The van der Waals surface area contributed by atoms with Crippen LogP contribution in [0.2, 0.25) is 5.02 Å². The Hall–Kier alpha value is -2.37. The van der Waals surface area contributed by atoms with E-state index in [1.807, 2.05) is 62.5 Å². The Kier molecular flexibility index (Phi) is 5.36. The molecule has 0 saturated heterocycles. The molecule has 1 atom stereocenters. The Bertz CT molecular complexity index is 833. The Labute approximate surface area is 152 Å². The molecule has 25 heavy (non-hydrogen) atoms. The molecule has 1 aromatic heterocycles. The Morgan fingerprint density at radius 2 is 1.92 bits per heavy atom. The largest absolute Gasteiger partial charge is 0.497 e. The summed E-state index contributed by atoms with van der Waals surface area (Å²) in [4.78, 5) is 2.15. The van der Waals surface area contributed by atoms with E-state index in [-0.39, 0.29) is 6.04 Å². The minimum atomic E-state index is -0.0115. The van der Waals surface area contributed by atoms with Crippen LogP contribution in [0.3, 0.4) is 0 Å². The second-order valence-corrected chi connectivity index (χ2v) is 6.33. The summed E-state index contributed by atoms with van der Waals surface area (Å²) < 4.78 is 11.0. The van der Waals surface area contributed by atoms with Crippen LogP contribution < -0.4 is 4.74 Å². The van der Waals surface area contributed by atoms with E-state index in [9.17, 15) is 0 Å².